The van der Waals surface area contributed by atoms with Gasteiger partial charge in [-0.15, -0.1) is 0 Å². The van der Waals surface area contributed by atoms with Crippen molar-refractivity contribution in [3.05, 3.63) is 0 Å². The molecule has 0 saturated heterocycles. The van der Waals surface area contributed by atoms with Gasteiger partial charge in [0.15, 0.2) is 0 Å². The summed E-state index contributed by atoms with van der Waals surface area (Å²) < 4.78 is 0. The molecule has 16 heteroatoms. The molecule has 0 radical (unpaired) electrons. The Balaban J connectivity index is 4.87. The molecule has 202 valence electrons. The van der Waals surface area contributed by atoms with Gasteiger partial charge in [0.05, 0.1) is 55.5 Å². The van der Waals surface area contributed by atoms with Gasteiger partial charge in [-0.05, 0) is 13.8 Å². The summed E-state index contributed by atoms with van der Waals surface area (Å²) in [6, 6.07) is 0. The van der Waals surface area contributed by atoms with Crippen molar-refractivity contribution in [3.63, 3.8) is 0 Å². The van der Waals surface area contributed by atoms with Gasteiger partial charge in [0.2, 0.25) is 11.6 Å². The molecule has 0 amide bonds. The molecule has 0 fully saturated rings. The van der Waals surface area contributed by atoms with Crippen LogP contribution in [0.4, 0.5) is 0 Å². The average Bonchev–Trinajstić information content (AvgIpc) is 2.73. The summed E-state index contributed by atoms with van der Waals surface area (Å²) in [4.78, 5) is 90.9. The second-order valence-electron chi connectivity index (χ2n) is 6.76. The lowest BCUT2D eigenvalue weighted by atomic mass is 10.1. The van der Waals surface area contributed by atoms with E-state index in [1.54, 1.807) is 0 Å². The van der Waals surface area contributed by atoms with E-state index in [0.29, 0.717) is 0 Å². The molecule has 2 atom stereocenters. The first kappa shape index (κ1) is 32.5. The largest absolute Gasteiger partial charge is 0.358 e. The normalized spacial score (nSPS) is 14.0. The Morgan fingerprint density at radius 3 is 1.09 bits per heavy atom. The number of carbonyl (C=O) groups is 2. The highest BCUT2D eigenvalue weighted by Gasteiger charge is 2.37. The Hall–Kier alpha value is -1.54. The summed E-state index contributed by atoms with van der Waals surface area (Å²) in [7, 11) is 7.47. The Labute approximate surface area is 196 Å². The van der Waals surface area contributed by atoms with Gasteiger partial charge >= 0.3 is 11.9 Å². The van der Waals surface area contributed by atoms with Crippen LogP contribution in [0.3, 0.4) is 0 Å². The third-order valence-corrected chi connectivity index (χ3v) is 3.72. The average molecular weight is 506 g/mol. The third-order valence-electron chi connectivity index (χ3n) is 3.72. The van der Waals surface area contributed by atoms with E-state index in [4.69, 9.17) is 29.3 Å². The van der Waals surface area contributed by atoms with E-state index in [-0.39, 0.29) is 12.8 Å². The minimum atomic E-state index is -1.46. The van der Waals surface area contributed by atoms with Gasteiger partial charge in [-0.2, -0.15) is 19.6 Å². The monoisotopic (exact) mass is 506 g/mol. The Morgan fingerprint density at radius 1 is 0.559 bits per heavy atom. The quantitative estimate of drug-likeness (QED) is 0.131. The van der Waals surface area contributed by atoms with Crippen LogP contribution in [0.5, 0.6) is 0 Å². The van der Waals surface area contributed by atoms with Crippen molar-refractivity contribution in [1.29, 1.82) is 0 Å². The van der Waals surface area contributed by atoms with Crippen molar-refractivity contribution >= 4 is 11.9 Å². The Morgan fingerprint density at radius 2 is 0.853 bits per heavy atom. The maximum atomic E-state index is 12.1. The number of rotatable bonds is 20. The summed E-state index contributed by atoms with van der Waals surface area (Å²) in [6.45, 7) is 2.92. The molecule has 0 N–H and O–H groups in total. The van der Waals surface area contributed by atoms with Gasteiger partial charge in [0.1, 0.15) is 12.2 Å². The van der Waals surface area contributed by atoms with Crippen LogP contribution < -0.4 is 0 Å². The van der Waals surface area contributed by atoms with E-state index in [1.807, 2.05) is 0 Å². The van der Waals surface area contributed by atoms with Crippen molar-refractivity contribution in [2.45, 2.75) is 63.3 Å². The number of hydrogen-bond donors (Lipinski definition) is 0. The number of hydrogen-bond acceptors (Lipinski definition) is 16. The van der Waals surface area contributed by atoms with Crippen LogP contribution in [0.2, 0.25) is 0 Å². The second-order valence-corrected chi connectivity index (χ2v) is 6.76. The van der Waals surface area contributed by atoms with E-state index in [2.05, 4.69) is 39.1 Å². The summed E-state index contributed by atoms with van der Waals surface area (Å²) in [6.07, 6.45) is -2.98. The lowest BCUT2D eigenvalue weighted by Gasteiger charge is -2.28. The minimum Gasteiger partial charge on any atom is -0.247 e. The highest BCUT2D eigenvalue weighted by molar-refractivity contribution is 5.73. The first-order chi connectivity index (χ1) is 16.1. The lowest BCUT2D eigenvalue weighted by Crippen LogP contribution is -2.38. The summed E-state index contributed by atoms with van der Waals surface area (Å²) in [5, 5.41) is 0. The van der Waals surface area contributed by atoms with Gasteiger partial charge in [0, 0.05) is 12.8 Å². The molecule has 34 heavy (non-hydrogen) atoms. The van der Waals surface area contributed by atoms with Crippen LogP contribution in [0.1, 0.15) is 39.5 Å². The van der Waals surface area contributed by atoms with Crippen molar-refractivity contribution in [2.75, 3.05) is 42.7 Å². The lowest BCUT2D eigenvalue weighted by molar-refractivity contribution is -0.501. The van der Waals surface area contributed by atoms with Crippen LogP contribution in [0.25, 0.3) is 0 Å². The van der Waals surface area contributed by atoms with E-state index < -0.39 is 48.6 Å². The second kappa shape index (κ2) is 17.8. The predicted molar refractivity (Wildman–Crippen MR) is 104 cm³/mol. The molecule has 0 saturated carbocycles. The maximum absolute atomic E-state index is 12.1. The first-order valence-electron chi connectivity index (χ1n) is 9.77. The van der Waals surface area contributed by atoms with Gasteiger partial charge in [-0.3, -0.25) is 0 Å². The van der Waals surface area contributed by atoms with Crippen LogP contribution in [0.15, 0.2) is 0 Å². The fourth-order valence-corrected chi connectivity index (χ4v) is 2.78. The molecule has 0 spiro atoms. The molecule has 0 aromatic rings. The zero-order chi connectivity index (χ0) is 26.0. The molecule has 0 aliphatic carbocycles. The fraction of sp³-hybridized carbons (Fsp3) is 0.889. The smallest absolute Gasteiger partial charge is 0.247 e. The number of carbonyl (C=O) groups excluding carboxylic acids is 2. The molecule has 0 rings (SSSR count). The molecule has 16 nitrogen and oxygen atoms in total. The molecule has 0 aromatic heterocycles. The van der Waals surface area contributed by atoms with Crippen LogP contribution >= 0.6 is 0 Å². The molecule has 0 aliphatic heterocycles. The zero-order valence-corrected chi connectivity index (χ0v) is 20.5. The summed E-state index contributed by atoms with van der Waals surface area (Å²) in [5.41, 5.74) is 0. The van der Waals surface area contributed by atoms with E-state index in [0.717, 1.165) is 0 Å². The van der Waals surface area contributed by atoms with E-state index in [1.165, 1.54) is 56.5 Å². The highest BCUT2D eigenvalue weighted by Crippen LogP contribution is 2.25. The van der Waals surface area contributed by atoms with Crippen molar-refractivity contribution in [3.8, 4) is 0 Å². The summed E-state index contributed by atoms with van der Waals surface area (Å²) in [5.74, 6) is -4.86. The van der Waals surface area contributed by atoms with E-state index in [9.17, 15) is 9.59 Å². The molecular formula is C18H34O16. The van der Waals surface area contributed by atoms with Crippen molar-refractivity contribution in [1.82, 2.24) is 0 Å². The topological polar surface area (TPSA) is 163 Å². The zero-order valence-electron chi connectivity index (χ0n) is 20.5. The van der Waals surface area contributed by atoms with Crippen molar-refractivity contribution < 1.29 is 78.0 Å². The predicted octanol–water partition coefficient (Wildman–Crippen LogP) is 1.19. The maximum Gasteiger partial charge on any atom is 0.358 e. The minimum absolute atomic E-state index is 0.104. The van der Waals surface area contributed by atoms with Gasteiger partial charge in [0.25, 0.3) is 0 Å². The van der Waals surface area contributed by atoms with Crippen LogP contribution in [-0.2, 0) is 78.0 Å². The van der Waals surface area contributed by atoms with E-state index >= 15 is 0 Å². The standard InChI is InChI=1S/C18H34O16/c1-17(31-23-5,32-24-6)11-13(27-21-3)9-15(19)29-30-16(20)10-14(28-22-4)12-18(2,33-25-7)34-26-8/h13-14H,9-12H2,1-8H3. The summed E-state index contributed by atoms with van der Waals surface area (Å²) >= 11 is 0. The fourth-order valence-electron chi connectivity index (χ4n) is 2.78. The van der Waals surface area contributed by atoms with Crippen molar-refractivity contribution in [2.24, 2.45) is 0 Å². The van der Waals surface area contributed by atoms with Gasteiger partial charge in [-0.25, -0.2) is 58.5 Å². The van der Waals surface area contributed by atoms with Gasteiger partial charge < -0.3 is 0 Å². The van der Waals surface area contributed by atoms with Crippen LogP contribution in [0, 0.1) is 0 Å². The Kier molecular flexibility index (Phi) is 17.0. The molecule has 0 bridgehead atoms. The third kappa shape index (κ3) is 14.0. The first-order valence-corrected chi connectivity index (χ1v) is 9.77. The SMILES string of the molecule is COOC(CC(=O)OOC(=O)CC(CC(C)(OOC)OOC)OOC)CC(C)(OOC)OOC. The van der Waals surface area contributed by atoms with Crippen LogP contribution in [-0.4, -0.2) is 78.4 Å². The molecule has 0 aliphatic rings. The molecule has 2 unspecified atom stereocenters. The molecular weight excluding hydrogens is 472 g/mol. The Bertz CT molecular complexity index is 498. The highest BCUT2D eigenvalue weighted by atomic mass is 17.3. The molecule has 0 heterocycles. The molecule has 0 aromatic carbocycles. The van der Waals surface area contributed by atoms with Gasteiger partial charge in [-0.1, -0.05) is 0 Å².